The van der Waals surface area contributed by atoms with E-state index in [-0.39, 0.29) is 36.0 Å². The van der Waals surface area contributed by atoms with Crippen molar-refractivity contribution in [1.29, 1.82) is 5.26 Å². The standard InChI is InChI=1S/C12H10N2O6/c1-7(15)18-5-9-6-19-11-2-8(4-13)10(14(16)17)3-12(11)20-9/h2-3,9H,5-6H2,1H3. The van der Waals surface area contributed by atoms with Crippen molar-refractivity contribution in [3.05, 3.63) is 27.8 Å². The Balaban J connectivity index is 2.23. The molecule has 1 aliphatic heterocycles. The number of benzene rings is 1. The normalized spacial score (nSPS) is 16.1. The van der Waals surface area contributed by atoms with E-state index in [9.17, 15) is 14.9 Å². The minimum absolute atomic E-state index is 0.0113. The minimum atomic E-state index is -0.669. The number of carbonyl (C=O) groups is 1. The molecule has 0 N–H and O–H groups in total. The van der Waals surface area contributed by atoms with Crippen molar-refractivity contribution in [3.8, 4) is 17.6 Å². The van der Waals surface area contributed by atoms with Gasteiger partial charge in [-0.1, -0.05) is 0 Å². The molecule has 0 saturated heterocycles. The highest BCUT2D eigenvalue weighted by atomic mass is 16.6. The molecule has 104 valence electrons. The smallest absolute Gasteiger partial charge is 0.302 e. The van der Waals surface area contributed by atoms with Crippen LogP contribution in [0.2, 0.25) is 0 Å². The van der Waals surface area contributed by atoms with Crippen LogP contribution in [0, 0.1) is 21.4 Å². The van der Waals surface area contributed by atoms with Crippen molar-refractivity contribution in [3.63, 3.8) is 0 Å². The number of nitro groups is 1. The molecular weight excluding hydrogens is 268 g/mol. The topological polar surface area (TPSA) is 112 Å². The maximum atomic E-state index is 10.9. The number of carbonyl (C=O) groups excluding carboxylic acids is 1. The molecule has 0 radical (unpaired) electrons. The molecule has 0 amide bonds. The zero-order valence-electron chi connectivity index (χ0n) is 10.5. The maximum absolute atomic E-state index is 10.9. The van der Waals surface area contributed by atoms with Gasteiger partial charge in [-0.2, -0.15) is 5.26 Å². The Hall–Kier alpha value is -2.82. The molecular formula is C12H10N2O6. The summed E-state index contributed by atoms with van der Waals surface area (Å²) in [6.45, 7) is 1.38. The summed E-state index contributed by atoms with van der Waals surface area (Å²) in [7, 11) is 0. The van der Waals surface area contributed by atoms with E-state index in [1.54, 1.807) is 6.07 Å². The SMILES string of the molecule is CC(=O)OCC1COc2cc(C#N)c([N+](=O)[O-])cc2O1. The molecule has 1 aliphatic rings. The van der Waals surface area contributed by atoms with Gasteiger partial charge >= 0.3 is 5.97 Å². The van der Waals surface area contributed by atoms with Crippen molar-refractivity contribution >= 4 is 11.7 Å². The first kappa shape index (κ1) is 13.6. The minimum Gasteiger partial charge on any atom is -0.486 e. The Morgan fingerprint density at radius 2 is 2.35 bits per heavy atom. The highest BCUT2D eigenvalue weighted by Crippen LogP contribution is 2.37. The van der Waals surface area contributed by atoms with Gasteiger partial charge in [0.1, 0.15) is 24.8 Å². The summed E-state index contributed by atoms with van der Waals surface area (Å²) in [5.74, 6) is -0.0458. The van der Waals surface area contributed by atoms with Crippen LogP contribution in [0.1, 0.15) is 12.5 Å². The lowest BCUT2D eigenvalue weighted by atomic mass is 10.1. The number of hydrogen-bond acceptors (Lipinski definition) is 7. The van der Waals surface area contributed by atoms with Crippen molar-refractivity contribution in [1.82, 2.24) is 0 Å². The maximum Gasteiger partial charge on any atom is 0.302 e. The number of hydrogen-bond donors (Lipinski definition) is 0. The molecule has 0 aromatic heterocycles. The zero-order chi connectivity index (χ0) is 14.7. The van der Waals surface area contributed by atoms with E-state index in [1.807, 2.05) is 0 Å². The molecule has 0 aliphatic carbocycles. The second-order valence-corrected chi connectivity index (χ2v) is 4.04. The molecule has 0 saturated carbocycles. The van der Waals surface area contributed by atoms with E-state index in [4.69, 9.17) is 19.5 Å². The third-order valence-corrected chi connectivity index (χ3v) is 2.57. The average molecular weight is 278 g/mol. The number of fused-ring (bicyclic) bond motifs is 1. The third kappa shape index (κ3) is 2.77. The first-order chi connectivity index (χ1) is 9.51. The van der Waals surface area contributed by atoms with Crippen LogP contribution in [0.3, 0.4) is 0 Å². The van der Waals surface area contributed by atoms with E-state index < -0.39 is 17.0 Å². The van der Waals surface area contributed by atoms with Crippen LogP contribution in [-0.4, -0.2) is 30.2 Å². The Morgan fingerprint density at radius 1 is 1.60 bits per heavy atom. The lowest BCUT2D eigenvalue weighted by Gasteiger charge is -2.25. The van der Waals surface area contributed by atoms with E-state index in [1.165, 1.54) is 13.0 Å². The Morgan fingerprint density at radius 3 is 2.95 bits per heavy atom. The first-order valence-electron chi connectivity index (χ1n) is 5.66. The van der Waals surface area contributed by atoms with Gasteiger partial charge in [-0.25, -0.2) is 0 Å². The largest absolute Gasteiger partial charge is 0.486 e. The molecule has 0 fully saturated rings. The highest BCUT2D eigenvalue weighted by molar-refractivity contribution is 5.66. The lowest BCUT2D eigenvalue weighted by molar-refractivity contribution is -0.385. The fraction of sp³-hybridized carbons (Fsp3) is 0.333. The van der Waals surface area contributed by atoms with Crippen molar-refractivity contribution in [2.24, 2.45) is 0 Å². The van der Waals surface area contributed by atoms with Crippen molar-refractivity contribution < 1.29 is 23.9 Å². The quantitative estimate of drug-likeness (QED) is 0.463. The number of rotatable bonds is 3. The molecule has 1 aromatic rings. The predicted molar refractivity (Wildman–Crippen MR) is 64.4 cm³/mol. The van der Waals surface area contributed by atoms with Crippen molar-refractivity contribution in [2.75, 3.05) is 13.2 Å². The molecule has 1 atom stereocenters. The van der Waals surface area contributed by atoms with Gasteiger partial charge in [0.2, 0.25) is 0 Å². The molecule has 0 bridgehead atoms. The van der Waals surface area contributed by atoms with Gasteiger partial charge in [0.25, 0.3) is 5.69 Å². The number of nitrogens with zero attached hydrogens (tertiary/aromatic N) is 2. The number of esters is 1. The highest BCUT2D eigenvalue weighted by Gasteiger charge is 2.27. The van der Waals surface area contributed by atoms with Crippen LogP contribution in [-0.2, 0) is 9.53 Å². The fourth-order valence-corrected chi connectivity index (χ4v) is 1.68. The summed E-state index contributed by atoms with van der Waals surface area (Å²) in [5, 5.41) is 19.7. The van der Waals surface area contributed by atoms with Gasteiger partial charge in [0.05, 0.1) is 11.0 Å². The van der Waals surface area contributed by atoms with Gasteiger partial charge in [0.15, 0.2) is 17.6 Å². The van der Waals surface area contributed by atoms with E-state index in [0.29, 0.717) is 0 Å². The lowest BCUT2D eigenvalue weighted by Crippen LogP contribution is -2.34. The van der Waals surface area contributed by atoms with Crippen LogP contribution in [0.25, 0.3) is 0 Å². The summed E-state index contributed by atoms with van der Waals surface area (Å²) in [4.78, 5) is 20.9. The summed E-state index contributed by atoms with van der Waals surface area (Å²) < 4.78 is 15.6. The summed E-state index contributed by atoms with van der Waals surface area (Å²) in [6, 6.07) is 4.12. The van der Waals surface area contributed by atoms with Crippen LogP contribution < -0.4 is 9.47 Å². The number of ether oxygens (including phenoxy) is 3. The van der Waals surface area contributed by atoms with Crippen LogP contribution in [0.15, 0.2) is 12.1 Å². The number of nitriles is 1. The Labute approximate surface area is 113 Å². The molecule has 1 unspecified atom stereocenters. The van der Waals surface area contributed by atoms with Gasteiger partial charge in [-0.15, -0.1) is 0 Å². The fourth-order valence-electron chi connectivity index (χ4n) is 1.68. The Kier molecular flexibility index (Phi) is 3.70. The van der Waals surface area contributed by atoms with Crippen LogP contribution >= 0.6 is 0 Å². The summed E-state index contributed by atoms with van der Waals surface area (Å²) in [6.07, 6.45) is -0.543. The van der Waals surface area contributed by atoms with Crippen LogP contribution in [0.5, 0.6) is 11.5 Å². The second kappa shape index (κ2) is 5.44. The Bertz CT molecular complexity index is 607. The zero-order valence-corrected chi connectivity index (χ0v) is 10.5. The second-order valence-electron chi connectivity index (χ2n) is 4.04. The molecule has 1 aromatic carbocycles. The molecule has 1 heterocycles. The average Bonchev–Trinajstić information content (AvgIpc) is 2.43. The van der Waals surface area contributed by atoms with E-state index >= 15 is 0 Å². The summed E-state index contributed by atoms with van der Waals surface area (Å²) >= 11 is 0. The van der Waals surface area contributed by atoms with E-state index in [2.05, 4.69) is 0 Å². The summed E-state index contributed by atoms with van der Waals surface area (Å²) in [5.41, 5.74) is -0.459. The molecule has 20 heavy (non-hydrogen) atoms. The van der Waals surface area contributed by atoms with Crippen LogP contribution in [0.4, 0.5) is 5.69 Å². The van der Waals surface area contributed by atoms with Crippen molar-refractivity contribution in [2.45, 2.75) is 13.0 Å². The first-order valence-corrected chi connectivity index (χ1v) is 5.66. The van der Waals surface area contributed by atoms with Gasteiger partial charge in [-0.05, 0) is 0 Å². The predicted octanol–water partition coefficient (Wildman–Crippen LogP) is 1.17. The monoisotopic (exact) mass is 278 g/mol. The van der Waals surface area contributed by atoms with Gasteiger partial charge < -0.3 is 14.2 Å². The number of nitro benzene ring substituents is 1. The van der Waals surface area contributed by atoms with Gasteiger partial charge in [-0.3, -0.25) is 14.9 Å². The molecule has 8 heteroatoms. The third-order valence-electron chi connectivity index (χ3n) is 2.57. The molecule has 8 nitrogen and oxygen atoms in total. The molecule has 0 spiro atoms. The van der Waals surface area contributed by atoms with Gasteiger partial charge in [0, 0.05) is 13.0 Å². The van der Waals surface area contributed by atoms with E-state index in [0.717, 1.165) is 6.07 Å². The molecule has 2 rings (SSSR count).